The van der Waals surface area contributed by atoms with Gasteiger partial charge in [0.15, 0.2) is 20.8 Å². The normalized spacial score (nSPS) is 12.1. The Morgan fingerprint density at radius 2 is 1.71 bits per heavy atom. The predicted octanol–water partition coefficient (Wildman–Crippen LogP) is 4.87. The van der Waals surface area contributed by atoms with Gasteiger partial charge in [-0.15, -0.1) is 10.2 Å². The van der Waals surface area contributed by atoms with E-state index in [1.807, 2.05) is 6.92 Å². The van der Waals surface area contributed by atoms with Crippen LogP contribution in [0, 0.1) is 0 Å². The molecular weight excluding hydrogens is 513 g/mol. The Balaban J connectivity index is 1.95. The molecule has 1 heterocycles. The van der Waals surface area contributed by atoms with Crippen LogP contribution in [0.3, 0.4) is 0 Å². The summed E-state index contributed by atoms with van der Waals surface area (Å²) < 4.78 is 48.4. The highest BCUT2D eigenvalue weighted by atomic mass is 35.5. The van der Waals surface area contributed by atoms with Crippen molar-refractivity contribution in [2.24, 2.45) is 0 Å². The molecule has 2 aromatic carbocycles. The van der Waals surface area contributed by atoms with E-state index in [4.69, 9.17) is 20.6 Å². The highest BCUT2D eigenvalue weighted by Gasteiger charge is 2.26. The average Bonchev–Trinajstić information content (AvgIpc) is 2.85. The molecule has 35 heavy (non-hydrogen) atoms. The fourth-order valence-corrected chi connectivity index (χ4v) is 5.69. The molecule has 1 aromatic heterocycles. The first-order chi connectivity index (χ1) is 16.6. The zero-order chi connectivity index (χ0) is 25.8. The second-order valence-corrected chi connectivity index (χ2v) is 12.7. The molecule has 0 fully saturated rings. The number of hydrogen-bond donors (Lipinski definition) is 2. The summed E-state index contributed by atoms with van der Waals surface area (Å²) in [6, 6.07) is 11.6. The molecule has 0 aliphatic heterocycles. The summed E-state index contributed by atoms with van der Waals surface area (Å²) in [5, 5.41) is 13.8. The molecule has 0 spiro atoms. The zero-order valence-corrected chi connectivity index (χ0v) is 22.4. The maximum Gasteiger partial charge on any atom is 0.360 e. The summed E-state index contributed by atoms with van der Waals surface area (Å²) in [6.45, 7) is 5.17. The van der Waals surface area contributed by atoms with Crippen LogP contribution in [0.1, 0.15) is 26.3 Å². The van der Waals surface area contributed by atoms with Gasteiger partial charge in [0.05, 0.1) is 21.1 Å². The third-order valence-corrected chi connectivity index (χ3v) is 9.56. The highest BCUT2D eigenvalue weighted by molar-refractivity contribution is 7.92. The van der Waals surface area contributed by atoms with E-state index in [0.717, 1.165) is 5.56 Å². The van der Waals surface area contributed by atoms with Gasteiger partial charge in [0.25, 0.3) is 0 Å². The van der Waals surface area contributed by atoms with Crippen molar-refractivity contribution in [1.29, 1.82) is 0 Å². The number of rotatable bonds is 10. The van der Waals surface area contributed by atoms with Gasteiger partial charge < -0.3 is 19.7 Å². The van der Waals surface area contributed by atoms with Gasteiger partial charge in [-0.05, 0) is 56.2 Å². The molecule has 188 valence electrons. The molecule has 0 bridgehead atoms. The van der Waals surface area contributed by atoms with Crippen LogP contribution in [0.2, 0.25) is 5.15 Å². The third-order valence-electron chi connectivity index (χ3n) is 5.23. The van der Waals surface area contributed by atoms with Crippen molar-refractivity contribution < 1.29 is 22.0 Å². The Morgan fingerprint density at radius 1 is 1.03 bits per heavy atom. The fourth-order valence-electron chi connectivity index (χ4n) is 3.22. The minimum absolute atomic E-state index is 0.0283. The quantitative estimate of drug-likeness (QED) is 0.344. The molecule has 2 N–H and O–H groups in total. The Morgan fingerprint density at radius 3 is 2.34 bits per heavy atom. The summed E-state index contributed by atoms with van der Waals surface area (Å²) in [4.78, 5) is 4.51. The van der Waals surface area contributed by atoms with E-state index in [-0.39, 0.29) is 21.8 Å². The zero-order valence-electron chi connectivity index (χ0n) is 19.9. The average molecular weight is 540 g/mol. The lowest BCUT2D eigenvalue weighted by atomic mass is 10.1. The largest absolute Gasteiger partial charge is 0.360 e. The van der Waals surface area contributed by atoms with Crippen LogP contribution in [0.25, 0.3) is 0 Å². The second kappa shape index (κ2) is 11.0. The van der Waals surface area contributed by atoms with Crippen LogP contribution < -0.4 is 15.9 Å². The second-order valence-electron chi connectivity index (χ2n) is 7.67. The topological polar surface area (TPSA) is 132 Å². The van der Waals surface area contributed by atoms with Crippen molar-refractivity contribution in [3.05, 3.63) is 53.2 Å². The Hall–Kier alpha value is -2.56. The number of nitrogens with zero attached hydrogens (tertiary/aromatic N) is 3. The van der Waals surface area contributed by atoms with Crippen LogP contribution in [-0.2, 0) is 29.9 Å². The van der Waals surface area contributed by atoms with Gasteiger partial charge in [-0.25, -0.2) is 8.42 Å². The van der Waals surface area contributed by atoms with Crippen molar-refractivity contribution in [1.82, 2.24) is 15.2 Å². The monoisotopic (exact) mass is 539 g/mol. The molecule has 0 amide bonds. The minimum atomic E-state index is -3.56. The smallest absolute Gasteiger partial charge is 0.336 e. The van der Waals surface area contributed by atoms with Crippen molar-refractivity contribution in [2.45, 2.75) is 37.3 Å². The molecule has 0 aliphatic rings. The number of benzene rings is 2. The number of sulfone groups is 1. The van der Waals surface area contributed by atoms with Crippen molar-refractivity contribution in [3.63, 3.8) is 0 Å². The molecule has 3 aromatic rings. The molecule has 10 nitrogen and oxygen atoms in total. The summed E-state index contributed by atoms with van der Waals surface area (Å²) in [5.74, 6) is 0.263. The highest BCUT2D eigenvalue weighted by Crippen LogP contribution is 2.45. The van der Waals surface area contributed by atoms with Crippen molar-refractivity contribution in [3.8, 4) is 0 Å². The van der Waals surface area contributed by atoms with Crippen molar-refractivity contribution in [2.75, 3.05) is 24.9 Å². The Labute approximate surface area is 209 Å². The number of halogens is 1. The van der Waals surface area contributed by atoms with Gasteiger partial charge >= 0.3 is 7.60 Å². The van der Waals surface area contributed by atoms with Crippen molar-refractivity contribution >= 4 is 57.5 Å². The lowest BCUT2D eigenvalue weighted by molar-refractivity contribution is 0.287. The molecule has 0 saturated heterocycles. The molecule has 3 rings (SSSR count). The van der Waals surface area contributed by atoms with Crippen LogP contribution >= 0.6 is 19.2 Å². The van der Waals surface area contributed by atoms with Gasteiger partial charge in [-0.3, -0.25) is 4.57 Å². The number of aryl methyl sites for hydroxylation is 1. The van der Waals surface area contributed by atoms with Crippen LogP contribution in [0.5, 0.6) is 0 Å². The van der Waals surface area contributed by atoms with Crippen LogP contribution in [0.4, 0.5) is 23.1 Å². The van der Waals surface area contributed by atoms with Gasteiger partial charge in [0.1, 0.15) is 0 Å². The van der Waals surface area contributed by atoms with Gasteiger partial charge in [-0.2, -0.15) is 4.98 Å². The van der Waals surface area contributed by atoms with E-state index in [0.29, 0.717) is 23.1 Å². The summed E-state index contributed by atoms with van der Waals surface area (Å²) in [7, 11) is -4.30. The third kappa shape index (κ3) is 5.82. The number of aromatic nitrogens is 3. The number of anilines is 4. The Kier molecular flexibility index (Phi) is 8.50. The van der Waals surface area contributed by atoms with E-state index in [9.17, 15) is 13.0 Å². The standard InChI is InChI=1S/C22H27ClN5O5PS/c1-6-15-13-16(34(29,32-4)33-5)11-12-17(15)25-22-26-21(20(23)27-28-22)24-18-9-7-8-10-19(18)35(30,31)14(2)3/h7-14H,6H2,1-5H3,(H2,24,25,26,28). The first-order valence-electron chi connectivity index (χ1n) is 10.7. The summed E-state index contributed by atoms with van der Waals surface area (Å²) >= 11 is 6.21. The Bertz CT molecular complexity index is 1360. The molecule has 13 heteroatoms. The van der Waals surface area contributed by atoms with Gasteiger partial charge in [-0.1, -0.05) is 30.7 Å². The molecule has 0 unspecified atom stereocenters. The molecule has 0 atom stereocenters. The fraction of sp³-hybridized carbons (Fsp3) is 0.318. The molecule has 0 aliphatic carbocycles. The van der Waals surface area contributed by atoms with Crippen LogP contribution in [-0.4, -0.2) is 43.1 Å². The predicted molar refractivity (Wildman–Crippen MR) is 137 cm³/mol. The van der Waals surface area contributed by atoms with E-state index in [1.165, 1.54) is 20.3 Å². The summed E-state index contributed by atoms with van der Waals surface area (Å²) in [5.41, 5.74) is 1.80. The maximum atomic E-state index is 12.8. The number of nitrogens with one attached hydrogen (secondary N) is 2. The summed E-state index contributed by atoms with van der Waals surface area (Å²) in [6.07, 6.45) is 0.607. The lowest BCUT2D eigenvalue weighted by Crippen LogP contribution is -2.16. The number of para-hydroxylation sites is 1. The van der Waals surface area contributed by atoms with E-state index < -0.39 is 22.7 Å². The number of hydrogen-bond acceptors (Lipinski definition) is 10. The van der Waals surface area contributed by atoms with Gasteiger partial charge in [0.2, 0.25) is 5.95 Å². The SMILES string of the molecule is CCc1cc(P(=O)(OC)OC)ccc1Nc1nnc(Cl)c(Nc2ccccc2S(=O)(=O)C(C)C)n1. The first-order valence-corrected chi connectivity index (χ1v) is 14.1. The molecule has 0 saturated carbocycles. The van der Waals surface area contributed by atoms with E-state index >= 15 is 0 Å². The van der Waals surface area contributed by atoms with E-state index in [2.05, 4.69) is 25.8 Å². The lowest BCUT2D eigenvalue weighted by Gasteiger charge is -2.17. The molecular formula is C22H27ClN5O5PS. The van der Waals surface area contributed by atoms with Crippen LogP contribution in [0.15, 0.2) is 47.4 Å². The maximum absolute atomic E-state index is 12.8. The first kappa shape index (κ1) is 27.0. The minimum Gasteiger partial charge on any atom is -0.336 e. The van der Waals surface area contributed by atoms with Gasteiger partial charge in [0, 0.05) is 19.9 Å². The molecule has 0 radical (unpaired) electrons. The van der Waals surface area contributed by atoms with E-state index in [1.54, 1.807) is 50.2 Å².